The van der Waals surface area contributed by atoms with Crippen molar-refractivity contribution >= 4 is 11.9 Å². The number of hydrogen-bond acceptors (Lipinski definition) is 4. The van der Waals surface area contributed by atoms with Crippen LogP contribution in [0.2, 0.25) is 0 Å². The molecule has 0 bridgehead atoms. The van der Waals surface area contributed by atoms with Gasteiger partial charge in [0.05, 0.1) is 20.1 Å². The smallest absolute Gasteiger partial charge is 0.303 e. The molecule has 0 saturated heterocycles. The van der Waals surface area contributed by atoms with Crippen molar-refractivity contribution in [2.75, 3.05) is 27.2 Å². The number of rotatable bonds is 20. The van der Waals surface area contributed by atoms with Gasteiger partial charge in [0.1, 0.15) is 13.1 Å². The van der Waals surface area contributed by atoms with E-state index in [1.165, 1.54) is 84.0 Å². The number of carboxylic acids is 1. The van der Waals surface area contributed by atoms with Gasteiger partial charge in [0, 0.05) is 6.92 Å². The molecule has 172 valence electrons. The van der Waals surface area contributed by atoms with Gasteiger partial charge in [0.15, 0.2) is 6.10 Å². The fourth-order valence-corrected chi connectivity index (χ4v) is 3.95. The zero-order valence-electron chi connectivity index (χ0n) is 19.7. The predicted molar refractivity (Wildman–Crippen MR) is 117 cm³/mol. The molecule has 0 radical (unpaired) electrons. The van der Waals surface area contributed by atoms with Gasteiger partial charge in [-0.05, 0) is 12.8 Å². The van der Waals surface area contributed by atoms with Crippen molar-refractivity contribution < 1.29 is 23.9 Å². The molecule has 0 amide bonds. The van der Waals surface area contributed by atoms with Crippen molar-refractivity contribution in [1.29, 1.82) is 0 Å². The van der Waals surface area contributed by atoms with E-state index in [9.17, 15) is 14.7 Å². The van der Waals surface area contributed by atoms with Crippen molar-refractivity contribution in [2.24, 2.45) is 0 Å². The van der Waals surface area contributed by atoms with E-state index >= 15 is 0 Å². The van der Waals surface area contributed by atoms with Gasteiger partial charge in [-0.15, -0.1) is 0 Å². The molecule has 0 aliphatic rings. The molecule has 0 spiro atoms. The number of hydrogen-bond donors (Lipinski definition) is 0. The Bertz CT molecular complexity index is 423. The van der Waals surface area contributed by atoms with Crippen LogP contribution in [0.4, 0.5) is 0 Å². The molecule has 5 heteroatoms. The zero-order valence-corrected chi connectivity index (χ0v) is 19.7. The summed E-state index contributed by atoms with van der Waals surface area (Å²) in [7, 11) is 3.66. The Hall–Kier alpha value is -1.10. The van der Waals surface area contributed by atoms with Crippen molar-refractivity contribution in [1.82, 2.24) is 0 Å². The molecule has 0 saturated carbocycles. The summed E-state index contributed by atoms with van der Waals surface area (Å²) in [6.07, 6.45) is 19.0. The van der Waals surface area contributed by atoms with Crippen LogP contribution in [-0.2, 0) is 14.3 Å². The molecular formula is C24H47NO4. The van der Waals surface area contributed by atoms with Gasteiger partial charge in [-0.1, -0.05) is 90.4 Å². The lowest BCUT2D eigenvalue weighted by Gasteiger charge is -2.33. The van der Waals surface area contributed by atoms with E-state index in [1.807, 2.05) is 14.1 Å². The quantitative estimate of drug-likeness (QED) is 0.166. The van der Waals surface area contributed by atoms with E-state index in [0.29, 0.717) is 6.54 Å². The van der Waals surface area contributed by atoms with Crippen molar-refractivity contribution in [3.8, 4) is 0 Å². The molecule has 1 unspecified atom stereocenters. The molecule has 0 aromatic heterocycles. The molecule has 0 aliphatic heterocycles. The predicted octanol–water partition coefficient (Wildman–Crippen LogP) is 4.62. The highest BCUT2D eigenvalue weighted by atomic mass is 16.5. The van der Waals surface area contributed by atoms with Gasteiger partial charge < -0.3 is 19.1 Å². The standard InChI is InChI=1S/C24H47NO4/c1-5-6-7-8-9-10-11-12-13-14-15-16-17-18-19-23(29-22(2)26)20-25(3,4)21-24(27)28/h23H,5-21H2,1-4H3. The number of esters is 1. The van der Waals surface area contributed by atoms with Crippen LogP contribution in [0.3, 0.4) is 0 Å². The van der Waals surface area contributed by atoms with Crippen molar-refractivity contribution in [2.45, 2.75) is 116 Å². The van der Waals surface area contributed by atoms with E-state index in [2.05, 4.69) is 6.92 Å². The van der Waals surface area contributed by atoms with Gasteiger partial charge in [-0.2, -0.15) is 0 Å². The highest BCUT2D eigenvalue weighted by molar-refractivity contribution is 5.66. The van der Waals surface area contributed by atoms with E-state index in [1.54, 1.807) is 0 Å². The van der Waals surface area contributed by atoms with Crippen LogP contribution in [0.1, 0.15) is 110 Å². The van der Waals surface area contributed by atoms with Crippen LogP contribution in [0.15, 0.2) is 0 Å². The second-order valence-electron chi connectivity index (χ2n) is 9.26. The molecule has 0 aliphatic carbocycles. The number of ether oxygens (including phenoxy) is 1. The molecule has 1 atom stereocenters. The first-order chi connectivity index (χ1) is 13.8. The number of nitrogens with zero attached hydrogens (tertiary/aromatic N) is 1. The first kappa shape index (κ1) is 27.9. The summed E-state index contributed by atoms with van der Waals surface area (Å²) in [5.41, 5.74) is 0. The van der Waals surface area contributed by atoms with E-state index < -0.39 is 5.97 Å². The minimum atomic E-state index is -1.08. The Balaban J connectivity index is 3.72. The summed E-state index contributed by atoms with van der Waals surface area (Å²) in [4.78, 5) is 22.2. The topological polar surface area (TPSA) is 66.4 Å². The number of aliphatic carboxylic acids is 1. The number of unbranched alkanes of at least 4 members (excludes halogenated alkanes) is 13. The fraction of sp³-hybridized carbons (Fsp3) is 0.917. The summed E-state index contributed by atoms with van der Waals surface area (Å²) >= 11 is 0. The monoisotopic (exact) mass is 413 g/mol. The highest BCUT2D eigenvalue weighted by Crippen LogP contribution is 2.15. The average Bonchev–Trinajstić information content (AvgIpc) is 2.59. The molecule has 0 N–H and O–H groups in total. The summed E-state index contributed by atoms with van der Waals surface area (Å²) in [5.74, 6) is -1.37. The molecule has 0 aromatic rings. The second kappa shape index (κ2) is 17.7. The molecule has 0 aromatic carbocycles. The van der Waals surface area contributed by atoms with Gasteiger partial charge in [0.2, 0.25) is 0 Å². The SMILES string of the molecule is CCCCCCCCCCCCCCCCC(C[N+](C)(C)CC(=O)[O-])OC(C)=O. The van der Waals surface area contributed by atoms with Crippen molar-refractivity contribution in [3.63, 3.8) is 0 Å². The highest BCUT2D eigenvalue weighted by Gasteiger charge is 2.24. The number of carbonyl (C=O) groups is 2. The first-order valence-electron chi connectivity index (χ1n) is 12.0. The van der Waals surface area contributed by atoms with Crippen molar-refractivity contribution in [3.05, 3.63) is 0 Å². The molecule has 0 rings (SSSR count). The minimum absolute atomic E-state index is 0.0729. The third-order valence-electron chi connectivity index (χ3n) is 5.47. The third kappa shape index (κ3) is 20.0. The number of quaternary nitrogens is 1. The molecular weight excluding hydrogens is 366 g/mol. The Kier molecular flexibility index (Phi) is 17.1. The second-order valence-corrected chi connectivity index (χ2v) is 9.26. The number of carbonyl (C=O) groups excluding carboxylic acids is 2. The maximum atomic E-state index is 11.4. The zero-order chi connectivity index (χ0) is 22.0. The lowest BCUT2D eigenvalue weighted by molar-refractivity contribution is -0.887. The number of carboxylic acid groups (broad SMARTS) is 1. The van der Waals surface area contributed by atoms with Crippen LogP contribution in [-0.4, -0.2) is 49.7 Å². The molecule has 0 heterocycles. The average molecular weight is 414 g/mol. The number of likely N-dealkylation sites (N-methyl/N-ethyl adjacent to an activating group) is 1. The molecule has 5 nitrogen and oxygen atoms in total. The van der Waals surface area contributed by atoms with Gasteiger partial charge in [-0.25, -0.2) is 0 Å². The molecule has 29 heavy (non-hydrogen) atoms. The van der Waals surface area contributed by atoms with E-state index in [-0.39, 0.29) is 23.1 Å². The first-order valence-corrected chi connectivity index (χ1v) is 12.0. The van der Waals surface area contributed by atoms with Gasteiger partial charge >= 0.3 is 5.97 Å². The van der Waals surface area contributed by atoms with Gasteiger partial charge in [-0.3, -0.25) is 4.79 Å². The fourth-order valence-electron chi connectivity index (χ4n) is 3.95. The normalized spacial score (nSPS) is 12.7. The lowest BCUT2D eigenvalue weighted by Crippen LogP contribution is -2.52. The maximum Gasteiger partial charge on any atom is 0.303 e. The van der Waals surface area contributed by atoms with E-state index in [0.717, 1.165) is 19.3 Å². The maximum absolute atomic E-state index is 11.4. The Labute approximate surface area is 179 Å². The van der Waals surface area contributed by atoms with Gasteiger partial charge in [0.25, 0.3) is 0 Å². The molecule has 0 fully saturated rings. The summed E-state index contributed by atoms with van der Waals surface area (Å²) in [6, 6.07) is 0. The third-order valence-corrected chi connectivity index (χ3v) is 5.47. The summed E-state index contributed by atoms with van der Waals surface area (Å²) in [5, 5.41) is 10.9. The van der Waals surface area contributed by atoms with E-state index in [4.69, 9.17) is 4.74 Å². The van der Waals surface area contributed by atoms with Crippen LogP contribution in [0.5, 0.6) is 0 Å². The lowest BCUT2D eigenvalue weighted by atomic mass is 10.0. The summed E-state index contributed by atoms with van der Waals surface area (Å²) in [6.45, 7) is 4.11. The largest absolute Gasteiger partial charge is 0.544 e. The van der Waals surface area contributed by atoms with Crippen LogP contribution in [0, 0.1) is 0 Å². The Morgan fingerprint density at radius 2 is 1.21 bits per heavy atom. The van der Waals surface area contributed by atoms with Crippen LogP contribution >= 0.6 is 0 Å². The Morgan fingerprint density at radius 1 is 0.793 bits per heavy atom. The van der Waals surface area contributed by atoms with Crippen LogP contribution < -0.4 is 5.11 Å². The Morgan fingerprint density at radius 3 is 1.59 bits per heavy atom. The summed E-state index contributed by atoms with van der Waals surface area (Å²) < 4.78 is 5.68. The minimum Gasteiger partial charge on any atom is -0.544 e. The van der Waals surface area contributed by atoms with Crippen LogP contribution in [0.25, 0.3) is 0 Å².